The summed E-state index contributed by atoms with van der Waals surface area (Å²) in [5, 5.41) is 0. The Morgan fingerprint density at radius 2 is 1.00 bits per heavy atom. The zero-order valence-corrected chi connectivity index (χ0v) is 19.5. The maximum absolute atomic E-state index is 3.40. The van der Waals surface area contributed by atoms with Crippen molar-refractivity contribution in [2.24, 2.45) is 0 Å². The Morgan fingerprint density at radius 3 is 1.17 bits per heavy atom. The van der Waals surface area contributed by atoms with E-state index in [9.17, 15) is 0 Å². The molecule has 0 aliphatic heterocycles. The van der Waals surface area contributed by atoms with Crippen molar-refractivity contribution in [3.8, 4) is 0 Å². The molecule has 0 aromatic rings. The second-order valence-corrected chi connectivity index (χ2v) is 6.12. The Bertz CT molecular complexity index is 424. The van der Waals surface area contributed by atoms with Gasteiger partial charge in [0.2, 0.25) is 0 Å². The molecule has 2 rings (SSSR count). The van der Waals surface area contributed by atoms with Gasteiger partial charge in [-0.2, -0.15) is 11.1 Å². The smallest absolute Gasteiger partial charge is 1.00 e. The molecule has 0 radical (unpaired) electrons. The van der Waals surface area contributed by atoms with Crippen molar-refractivity contribution in [1.82, 2.24) is 0 Å². The quantitative estimate of drug-likeness (QED) is 0.569. The summed E-state index contributed by atoms with van der Waals surface area (Å²) in [5.41, 5.74) is 8.73. The van der Waals surface area contributed by atoms with Gasteiger partial charge in [-0.15, -0.1) is 13.8 Å². The molecule has 0 N–H and O–H groups in total. The van der Waals surface area contributed by atoms with Crippen LogP contribution in [0.25, 0.3) is 0 Å². The van der Waals surface area contributed by atoms with Crippen LogP contribution in [0, 0.1) is 12.2 Å². The number of allylic oxidation sites excluding steroid dienone is 8. The average Bonchev–Trinajstić information content (AvgIpc) is 2.85. The second kappa shape index (κ2) is 14.7. The van der Waals surface area contributed by atoms with Gasteiger partial charge >= 0.3 is 26.2 Å². The fourth-order valence-corrected chi connectivity index (χ4v) is 2.64. The Hall–Kier alpha value is 0.423. The SMILES string of the molecule is CCCC1=[C-]C(C)=C(C)C1.CCCC1=[C-]C(C)=C(C)C1.[Cl-].[Cl-].[Zr+4]. The molecule has 0 bridgehead atoms. The summed E-state index contributed by atoms with van der Waals surface area (Å²) < 4.78 is 0. The summed E-state index contributed by atoms with van der Waals surface area (Å²) in [6.07, 6.45) is 14.1. The molecule has 0 heterocycles. The molecule has 2 aliphatic rings. The van der Waals surface area contributed by atoms with Crippen molar-refractivity contribution in [1.29, 1.82) is 0 Å². The number of rotatable bonds is 4. The van der Waals surface area contributed by atoms with Crippen molar-refractivity contribution < 1.29 is 51.0 Å². The van der Waals surface area contributed by atoms with Crippen molar-refractivity contribution in [2.75, 3.05) is 0 Å². The molecule has 0 fully saturated rings. The van der Waals surface area contributed by atoms with Crippen LogP contribution in [0.4, 0.5) is 0 Å². The molecule has 23 heavy (non-hydrogen) atoms. The first-order chi connectivity index (χ1) is 9.47. The van der Waals surface area contributed by atoms with E-state index in [1.165, 1.54) is 72.0 Å². The monoisotopic (exact) mass is 430 g/mol. The van der Waals surface area contributed by atoms with E-state index in [2.05, 4.69) is 53.7 Å². The third-order valence-corrected chi connectivity index (χ3v) is 4.07. The molecule has 128 valence electrons. The molecular weight excluding hydrogens is 402 g/mol. The molecule has 3 heteroatoms. The van der Waals surface area contributed by atoms with Crippen molar-refractivity contribution in [3.05, 3.63) is 45.6 Å². The van der Waals surface area contributed by atoms with Gasteiger partial charge in [0.15, 0.2) is 0 Å². The predicted molar refractivity (Wildman–Crippen MR) is 89.3 cm³/mol. The maximum Gasteiger partial charge on any atom is 4.00 e. The van der Waals surface area contributed by atoms with E-state index in [1.54, 1.807) is 0 Å². The van der Waals surface area contributed by atoms with E-state index in [-0.39, 0.29) is 51.0 Å². The van der Waals surface area contributed by atoms with Gasteiger partial charge in [-0.3, -0.25) is 0 Å². The molecule has 0 nitrogen and oxygen atoms in total. The van der Waals surface area contributed by atoms with Crippen LogP contribution in [-0.2, 0) is 26.2 Å². The van der Waals surface area contributed by atoms with Crippen LogP contribution in [0.1, 0.15) is 80.1 Å². The van der Waals surface area contributed by atoms with Gasteiger partial charge in [0, 0.05) is 0 Å². The van der Waals surface area contributed by atoms with Crippen molar-refractivity contribution >= 4 is 0 Å². The largest absolute Gasteiger partial charge is 4.00 e. The van der Waals surface area contributed by atoms with Crippen LogP contribution in [0.3, 0.4) is 0 Å². The molecular formula is C20H30Cl2Zr. The Balaban J connectivity index is -0.000000308. The fraction of sp³-hybridized carbons (Fsp3) is 0.600. The standard InChI is InChI=1S/2C10H15.2ClH.Zr/c2*1-4-5-10-6-8(2)9(3)7-10;;;/h2*4-6H2,1-3H3;2*1H;/q2*-1;;;+4/p-2. The topological polar surface area (TPSA) is 0 Å². The fourth-order valence-electron chi connectivity index (χ4n) is 2.64. The van der Waals surface area contributed by atoms with E-state index in [0.717, 1.165) is 0 Å². The van der Waals surface area contributed by atoms with Crippen molar-refractivity contribution in [2.45, 2.75) is 80.1 Å². The summed E-state index contributed by atoms with van der Waals surface area (Å²) in [6.45, 7) is 13.1. The molecule has 0 saturated carbocycles. The minimum atomic E-state index is 0. The summed E-state index contributed by atoms with van der Waals surface area (Å²) >= 11 is 0. The van der Waals surface area contributed by atoms with Crippen LogP contribution >= 0.6 is 0 Å². The first-order valence-electron chi connectivity index (χ1n) is 8.04. The predicted octanol–water partition coefficient (Wildman–Crippen LogP) is 0.518. The minimum Gasteiger partial charge on any atom is -1.00 e. The molecule has 2 aliphatic carbocycles. The molecule has 0 amide bonds. The molecule has 0 saturated heterocycles. The van der Waals surface area contributed by atoms with E-state index in [4.69, 9.17) is 0 Å². The summed E-state index contributed by atoms with van der Waals surface area (Å²) in [6, 6.07) is 0. The van der Waals surface area contributed by atoms with E-state index < -0.39 is 0 Å². The first-order valence-corrected chi connectivity index (χ1v) is 8.04. The summed E-state index contributed by atoms with van der Waals surface area (Å²) in [5.74, 6) is 0. The van der Waals surface area contributed by atoms with E-state index in [1.807, 2.05) is 0 Å². The third-order valence-electron chi connectivity index (χ3n) is 4.07. The average molecular weight is 433 g/mol. The Kier molecular flexibility index (Phi) is 18.1. The van der Waals surface area contributed by atoms with Crippen LogP contribution in [0.5, 0.6) is 0 Å². The Morgan fingerprint density at radius 1 is 0.696 bits per heavy atom. The molecule has 0 spiro atoms. The summed E-state index contributed by atoms with van der Waals surface area (Å²) in [4.78, 5) is 0. The zero-order chi connectivity index (χ0) is 15.1. The number of hydrogen-bond acceptors (Lipinski definition) is 0. The van der Waals surface area contributed by atoms with Gasteiger partial charge in [-0.25, -0.2) is 34.4 Å². The van der Waals surface area contributed by atoms with E-state index in [0.29, 0.717) is 0 Å². The van der Waals surface area contributed by atoms with Gasteiger partial charge in [-0.1, -0.05) is 66.2 Å². The van der Waals surface area contributed by atoms with Gasteiger partial charge in [0.1, 0.15) is 0 Å². The molecule has 0 unspecified atom stereocenters. The van der Waals surface area contributed by atoms with Crippen molar-refractivity contribution in [3.63, 3.8) is 0 Å². The number of hydrogen-bond donors (Lipinski definition) is 0. The summed E-state index contributed by atoms with van der Waals surface area (Å²) in [7, 11) is 0. The van der Waals surface area contributed by atoms with Crippen LogP contribution in [-0.4, -0.2) is 0 Å². The Labute approximate surface area is 175 Å². The molecule has 0 aromatic heterocycles. The van der Waals surface area contributed by atoms with Crippen LogP contribution in [0.15, 0.2) is 33.4 Å². The van der Waals surface area contributed by atoms with Gasteiger partial charge in [0.05, 0.1) is 0 Å². The third kappa shape index (κ3) is 10.1. The first kappa shape index (κ1) is 28.2. The second-order valence-electron chi connectivity index (χ2n) is 6.12. The van der Waals surface area contributed by atoms with Gasteiger partial charge < -0.3 is 24.8 Å². The number of halogens is 2. The normalized spacial score (nSPS) is 15.7. The van der Waals surface area contributed by atoms with Crippen LogP contribution < -0.4 is 24.8 Å². The van der Waals surface area contributed by atoms with Gasteiger partial charge in [0.25, 0.3) is 0 Å². The van der Waals surface area contributed by atoms with E-state index >= 15 is 0 Å². The van der Waals surface area contributed by atoms with Crippen LogP contribution in [0.2, 0.25) is 0 Å². The molecule has 0 aromatic carbocycles. The zero-order valence-electron chi connectivity index (χ0n) is 15.5. The molecule has 0 atom stereocenters. The van der Waals surface area contributed by atoms with Gasteiger partial charge in [-0.05, 0) is 0 Å². The minimum absolute atomic E-state index is 0. The maximum atomic E-state index is 3.40.